The first-order valence-electron chi connectivity index (χ1n) is 9.52. The van der Waals surface area contributed by atoms with E-state index in [0.29, 0.717) is 24.7 Å². The van der Waals surface area contributed by atoms with Crippen molar-refractivity contribution in [2.24, 2.45) is 0 Å². The highest BCUT2D eigenvalue weighted by Gasteiger charge is 2.27. The van der Waals surface area contributed by atoms with Crippen LogP contribution in [-0.4, -0.2) is 58.7 Å². The second-order valence-corrected chi connectivity index (χ2v) is 7.09. The molecule has 26 heavy (non-hydrogen) atoms. The number of hydrogen-bond acceptors (Lipinski definition) is 4. The molecule has 2 unspecified atom stereocenters. The van der Waals surface area contributed by atoms with Crippen molar-refractivity contribution in [1.29, 1.82) is 0 Å². The summed E-state index contributed by atoms with van der Waals surface area (Å²) in [6.45, 7) is 5.27. The molecule has 2 N–H and O–H groups in total. The lowest BCUT2D eigenvalue weighted by Crippen LogP contribution is -2.49. The van der Waals surface area contributed by atoms with Gasteiger partial charge in [-0.15, -0.1) is 12.4 Å². The standard InChI is InChI=1S/C18H29N5O2.ClH/c1-2-5-17(24)20-14-6-4-10-22(13-14)18(25)16-8-11-23(21-16)15-7-3-9-19-12-15;/h8,11,14-15,19H,2-7,9-10,12-13H2,1H3,(H,20,24);1H. The van der Waals surface area contributed by atoms with E-state index in [0.717, 1.165) is 51.7 Å². The molecule has 2 fully saturated rings. The number of nitrogens with zero attached hydrogens (tertiary/aromatic N) is 3. The number of carbonyl (C=O) groups is 2. The predicted molar refractivity (Wildman–Crippen MR) is 103 cm³/mol. The fourth-order valence-corrected chi connectivity index (χ4v) is 3.68. The van der Waals surface area contributed by atoms with Crippen LogP contribution in [0, 0.1) is 0 Å². The first-order valence-corrected chi connectivity index (χ1v) is 9.52. The summed E-state index contributed by atoms with van der Waals surface area (Å²) in [5.74, 6) is 0.0489. The fourth-order valence-electron chi connectivity index (χ4n) is 3.68. The number of halogens is 1. The van der Waals surface area contributed by atoms with E-state index >= 15 is 0 Å². The maximum atomic E-state index is 12.8. The molecule has 8 heteroatoms. The molecule has 0 bridgehead atoms. The summed E-state index contributed by atoms with van der Waals surface area (Å²) in [5.41, 5.74) is 0.506. The minimum atomic E-state index is -0.0306. The largest absolute Gasteiger partial charge is 0.352 e. The van der Waals surface area contributed by atoms with Crippen LogP contribution in [0.4, 0.5) is 0 Å². The minimum Gasteiger partial charge on any atom is -0.352 e. The van der Waals surface area contributed by atoms with Gasteiger partial charge in [0.2, 0.25) is 5.91 Å². The van der Waals surface area contributed by atoms with Gasteiger partial charge in [0.15, 0.2) is 0 Å². The Balaban J connectivity index is 0.00000243. The summed E-state index contributed by atoms with van der Waals surface area (Å²) in [6, 6.07) is 2.20. The molecule has 0 radical (unpaired) electrons. The Bertz CT molecular complexity index is 600. The lowest BCUT2D eigenvalue weighted by Gasteiger charge is -2.32. The summed E-state index contributed by atoms with van der Waals surface area (Å²) in [7, 11) is 0. The molecule has 2 atom stereocenters. The molecule has 0 spiro atoms. The molecule has 1 aromatic rings. The number of nitrogens with one attached hydrogen (secondary N) is 2. The molecule has 146 valence electrons. The van der Waals surface area contributed by atoms with Gasteiger partial charge >= 0.3 is 0 Å². The monoisotopic (exact) mass is 383 g/mol. The number of rotatable bonds is 5. The Hall–Kier alpha value is -1.60. The van der Waals surface area contributed by atoms with E-state index in [1.807, 2.05) is 28.8 Å². The molecule has 2 amide bonds. The normalized spacial score (nSPS) is 23.2. The molecule has 0 saturated carbocycles. The van der Waals surface area contributed by atoms with Gasteiger partial charge in [0, 0.05) is 38.3 Å². The highest BCUT2D eigenvalue weighted by atomic mass is 35.5. The van der Waals surface area contributed by atoms with Crippen LogP contribution < -0.4 is 10.6 Å². The SMILES string of the molecule is CCCC(=O)NC1CCCN(C(=O)c2ccn(C3CCCNC3)n2)C1.Cl. The summed E-state index contributed by atoms with van der Waals surface area (Å²) >= 11 is 0. The third-order valence-electron chi connectivity index (χ3n) is 5.02. The zero-order valence-electron chi connectivity index (χ0n) is 15.4. The Morgan fingerprint density at radius 3 is 2.92 bits per heavy atom. The average Bonchev–Trinajstić information content (AvgIpc) is 3.12. The molecular weight excluding hydrogens is 354 g/mol. The lowest BCUT2D eigenvalue weighted by atomic mass is 10.0. The zero-order valence-corrected chi connectivity index (χ0v) is 16.3. The quantitative estimate of drug-likeness (QED) is 0.811. The predicted octanol–water partition coefficient (Wildman–Crippen LogP) is 1.75. The highest BCUT2D eigenvalue weighted by Crippen LogP contribution is 2.18. The maximum absolute atomic E-state index is 12.8. The van der Waals surface area contributed by atoms with Crippen LogP contribution in [0.5, 0.6) is 0 Å². The number of aromatic nitrogens is 2. The van der Waals surface area contributed by atoms with E-state index in [1.165, 1.54) is 0 Å². The zero-order chi connectivity index (χ0) is 17.6. The molecule has 7 nitrogen and oxygen atoms in total. The van der Waals surface area contributed by atoms with Crippen molar-refractivity contribution in [2.45, 2.75) is 57.5 Å². The summed E-state index contributed by atoms with van der Waals surface area (Å²) in [6.07, 6.45) is 7.38. The number of likely N-dealkylation sites (tertiary alicyclic amines) is 1. The molecule has 0 aliphatic carbocycles. The number of carbonyl (C=O) groups excluding carboxylic acids is 2. The first-order chi connectivity index (χ1) is 12.2. The van der Waals surface area contributed by atoms with E-state index in [9.17, 15) is 9.59 Å². The summed E-state index contributed by atoms with van der Waals surface area (Å²) in [4.78, 5) is 26.4. The van der Waals surface area contributed by atoms with Crippen LogP contribution >= 0.6 is 12.4 Å². The van der Waals surface area contributed by atoms with E-state index in [-0.39, 0.29) is 30.3 Å². The second kappa shape index (κ2) is 9.92. The number of piperidine rings is 2. The maximum Gasteiger partial charge on any atom is 0.274 e. The second-order valence-electron chi connectivity index (χ2n) is 7.09. The Kier molecular flexibility index (Phi) is 7.90. The van der Waals surface area contributed by atoms with E-state index in [2.05, 4.69) is 15.7 Å². The Morgan fingerprint density at radius 1 is 1.35 bits per heavy atom. The van der Waals surface area contributed by atoms with Gasteiger partial charge in [-0.25, -0.2) is 0 Å². The van der Waals surface area contributed by atoms with Gasteiger partial charge in [0.1, 0.15) is 5.69 Å². The van der Waals surface area contributed by atoms with Crippen LogP contribution in [0.2, 0.25) is 0 Å². The van der Waals surface area contributed by atoms with Crippen molar-refractivity contribution in [1.82, 2.24) is 25.3 Å². The van der Waals surface area contributed by atoms with E-state index in [1.54, 1.807) is 0 Å². The first kappa shape index (κ1) is 20.7. The molecule has 2 aliphatic heterocycles. The van der Waals surface area contributed by atoms with Crippen molar-refractivity contribution in [3.8, 4) is 0 Å². The van der Waals surface area contributed by atoms with Crippen LogP contribution in [0.25, 0.3) is 0 Å². The third kappa shape index (κ3) is 5.20. The van der Waals surface area contributed by atoms with Crippen molar-refractivity contribution < 1.29 is 9.59 Å². The van der Waals surface area contributed by atoms with Crippen molar-refractivity contribution in [3.05, 3.63) is 18.0 Å². The smallest absolute Gasteiger partial charge is 0.274 e. The van der Waals surface area contributed by atoms with Gasteiger partial charge in [0.25, 0.3) is 5.91 Å². The van der Waals surface area contributed by atoms with Crippen LogP contribution in [-0.2, 0) is 4.79 Å². The molecule has 2 saturated heterocycles. The molecule has 2 aliphatic rings. The van der Waals surface area contributed by atoms with Gasteiger partial charge < -0.3 is 15.5 Å². The van der Waals surface area contributed by atoms with Crippen LogP contribution in [0.3, 0.4) is 0 Å². The number of amides is 2. The van der Waals surface area contributed by atoms with Crippen LogP contribution in [0.15, 0.2) is 12.3 Å². The topological polar surface area (TPSA) is 79.3 Å². The fraction of sp³-hybridized carbons (Fsp3) is 0.722. The average molecular weight is 384 g/mol. The molecule has 3 heterocycles. The molecule has 3 rings (SSSR count). The van der Waals surface area contributed by atoms with Gasteiger partial charge in [-0.3, -0.25) is 14.3 Å². The number of hydrogen-bond donors (Lipinski definition) is 2. The molecular formula is C18H30ClN5O2. The van der Waals surface area contributed by atoms with Gasteiger partial charge in [-0.1, -0.05) is 6.92 Å². The van der Waals surface area contributed by atoms with Crippen LogP contribution in [0.1, 0.15) is 62.0 Å². The Labute approximate surface area is 161 Å². The molecule has 1 aromatic heterocycles. The minimum absolute atomic E-state index is 0. The van der Waals surface area contributed by atoms with Gasteiger partial charge in [0.05, 0.1) is 6.04 Å². The summed E-state index contributed by atoms with van der Waals surface area (Å²) in [5, 5.41) is 10.9. The lowest BCUT2D eigenvalue weighted by molar-refractivity contribution is -0.122. The van der Waals surface area contributed by atoms with Gasteiger partial charge in [-0.05, 0) is 44.7 Å². The van der Waals surface area contributed by atoms with E-state index in [4.69, 9.17) is 0 Å². The van der Waals surface area contributed by atoms with Gasteiger partial charge in [-0.2, -0.15) is 5.10 Å². The highest BCUT2D eigenvalue weighted by molar-refractivity contribution is 5.92. The van der Waals surface area contributed by atoms with E-state index < -0.39 is 0 Å². The van der Waals surface area contributed by atoms with Crippen molar-refractivity contribution in [2.75, 3.05) is 26.2 Å². The molecule has 0 aromatic carbocycles. The summed E-state index contributed by atoms with van der Waals surface area (Å²) < 4.78 is 1.92. The van der Waals surface area contributed by atoms with Crippen molar-refractivity contribution >= 4 is 24.2 Å². The third-order valence-corrected chi connectivity index (χ3v) is 5.02. The van der Waals surface area contributed by atoms with Crippen molar-refractivity contribution in [3.63, 3.8) is 0 Å². The Morgan fingerprint density at radius 2 is 2.19 bits per heavy atom.